The van der Waals surface area contributed by atoms with Crippen molar-refractivity contribution in [2.45, 2.75) is 52.1 Å². The second kappa shape index (κ2) is 11.9. The number of ether oxygens (including phenoxy) is 3. The van der Waals surface area contributed by atoms with Gasteiger partial charge in [-0.1, -0.05) is 68.5 Å². The lowest BCUT2D eigenvalue weighted by Gasteiger charge is -2.59. The lowest BCUT2D eigenvalue weighted by atomic mass is 9.46. The van der Waals surface area contributed by atoms with Gasteiger partial charge in [0.25, 0.3) is 0 Å². The summed E-state index contributed by atoms with van der Waals surface area (Å²) < 4.78 is 17.2. The quantitative estimate of drug-likeness (QED) is 0.230. The zero-order valence-electron chi connectivity index (χ0n) is 23.7. The van der Waals surface area contributed by atoms with E-state index in [2.05, 4.69) is 31.5 Å². The molecule has 7 nitrogen and oxygen atoms in total. The molecule has 0 unspecified atom stereocenters. The van der Waals surface area contributed by atoms with Crippen LogP contribution in [0.25, 0.3) is 0 Å². The summed E-state index contributed by atoms with van der Waals surface area (Å²) in [4.78, 5) is 42.3. The zero-order valence-corrected chi connectivity index (χ0v) is 23.7. The third kappa shape index (κ3) is 5.90. The van der Waals surface area contributed by atoms with E-state index in [4.69, 9.17) is 14.2 Å². The van der Waals surface area contributed by atoms with Crippen LogP contribution in [0.5, 0.6) is 0 Å². The number of rotatable bonds is 8. The van der Waals surface area contributed by atoms with Gasteiger partial charge in [0, 0.05) is 23.7 Å². The van der Waals surface area contributed by atoms with E-state index in [1.807, 2.05) is 36.4 Å². The molecular weight excluding hydrogens is 518 g/mol. The molecule has 7 heteroatoms. The average Bonchev–Trinajstić information content (AvgIpc) is 3.38. The molecule has 1 aromatic heterocycles. The number of nitrogens with zero attached hydrogens (tertiary/aromatic N) is 1. The number of fused-ring (bicyclic) bond motifs is 1. The van der Waals surface area contributed by atoms with E-state index in [0.717, 1.165) is 30.4 Å². The van der Waals surface area contributed by atoms with Gasteiger partial charge in [0.15, 0.2) is 0 Å². The topological polar surface area (TPSA) is 91.8 Å². The van der Waals surface area contributed by atoms with Gasteiger partial charge >= 0.3 is 17.9 Å². The molecule has 5 atom stereocenters. The van der Waals surface area contributed by atoms with Crippen molar-refractivity contribution in [1.29, 1.82) is 0 Å². The highest BCUT2D eigenvalue weighted by Gasteiger charge is 2.59. The van der Waals surface area contributed by atoms with E-state index in [9.17, 15) is 14.4 Å². The number of cyclic esters (lactones) is 1. The summed E-state index contributed by atoms with van der Waals surface area (Å²) in [7, 11) is 0. The summed E-state index contributed by atoms with van der Waals surface area (Å²) in [5, 5.41) is 0. The van der Waals surface area contributed by atoms with E-state index >= 15 is 0 Å². The number of carbonyl (C=O) groups is 3. The molecule has 0 bridgehead atoms. The number of hydrogen-bond acceptors (Lipinski definition) is 7. The normalized spacial score (nSPS) is 29.4. The van der Waals surface area contributed by atoms with Crippen LogP contribution in [-0.4, -0.2) is 42.2 Å². The minimum atomic E-state index is -0.643. The summed E-state index contributed by atoms with van der Waals surface area (Å²) >= 11 is 0. The lowest BCUT2D eigenvalue weighted by molar-refractivity contribution is -0.172. The van der Waals surface area contributed by atoms with Crippen LogP contribution in [0.3, 0.4) is 0 Å². The number of hydrogen-bond donors (Lipinski definition) is 0. The van der Waals surface area contributed by atoms with Crippen LogP contribution in [0.2, 0.25) is 0 Å². The summed E-state index contributed by atoms with van der Waals surface area (Å²) in [5.41, 5.74) is 2.05. The first-order valence-corrected chi connectivity index (χ1v) is 14.2. The Labute approximate surface area is 241 Å². The first kappa shape index (κ1) is 28.5. The fourth-order valence-electron chi connectivity index (χ4n) is 7.09. The number of pyridine rings is 1. The van der Waals surface area contributed by atoms with Crippen LogP contribution >= 0.6 is 0 Å². The van der Waals surface area contributed by atoms with Crippen molar-refractivity contribution in [3.63, 3.8) is 0 Å². The second-order valence-electron chi connectivity index (χ2n) is 11.9. The van der Waals surface area contributed by atoms with Crippen molar-refractivity contribution >= 4 is 17.9 Å². The molecule has 0 amide bonds. The van der Waals surface area contributed by atoms with Crippen molar-refractivity contribution in [3.05, 3.63) is 102 Å². The highest BCUT2D eigenvalue weighted by atomic mass is 16.6. The number of allylic oxidation sites excluding steroid dienone is 2. The summed E-state index contributed by atoms with van der Waals surface area (Å²) in [6.45, 7) is 9.16. The highest BCUT2D eigenvalue weighted by Crippen LogP contribution is 2.62. The van der Waals surface area contributed by atoms with Gasteiger partial charge in [-0.25, -0.2) is 9.59 Å². The third-order valence-corrected chi connectivity index (χ3v) is 9.28. The average molecular weight is 556 g/mol. The molecule has 214 valence electrons. The standard InChI is InChI=1S/C34H37NO6/c1-23-11-14-28-33(2,27(23)13-12-25-16-19-39-31(25)37)17-15-29(41-32(38)26-10-7-18-35-21-26)34(28,3)22-40-30(36)20-24-8-5-4-6-9-24/h4-10,12-13,16,18,21,27-29H,1,11,14-15,17,19-20,22H2,2-3H3/b13-12+/t27-,28+,29-,33+,34+/m1/s1. The summed E-state index contributed by atoms with van der Waals surface area (Å²) in [5.74, 6) is -0.998. The van der Waals surface area contributed by atoms with Crippen molar-refractivity contribution in [3.8, 4) is 0 Å². The maximum absolute atomic E-state index is 13.2. The predicted molar refractivity (Wildman–Crippen MR) is 154 cm³/mol. The molecule has 41 heavy (non-hydrogen) atoms. The monoisotopic (exact) mass is 555 g/mol. The van der Waals surface area contributed by atoms with Gasteiger partial charge in [-0.3, -0.25) is 9.78 Å². The molecule has 2 aromatic rings. The maximum Gasteiger partial charge on any atom is 0.339 e. The Kier molecular flexibility index (Phi) is 8.25. The minimum Gasteiger partial charge on any atom is -0.465 e. The minimum absolute atomic E-state index is 0.00451. The van der Waals surface area contributed by atoms with Crippen LogP contribution in [0.15, 0.2) is 90.8 Å². The van der Waals surface area contributed by atoms with Crippen molar-refractivity contribution in [2.24, 2.45) is 22.7 Å². The van der Waals surface area contributed by atoms with Crippen molar-refractivity contribution in [1.82, 2.24) is 4.98 Å². The van der Waals surface area contributed by atoms with Gasteiger partial charge in [-0.05, 0) is 60.8 Å². The van der Waals surface area contributed by atoms with E-state index in [0.29, 0.717) is 24.2 Å². The van der Waals surface area contributed by atoms with Gasteiger partial charge in [0.05, 0.1) is 17.6 Å². The van der Waals surface area contributed by atoms with Gasteiger partial charge < -0.3 is 14.2 Å². The molecule has 2 saturated carbocycles. The zero-order chi connectivity index (χ0) is 29.0. The molecule has 2 heterocycles. The molecule has 0 N–H and O–H groups in total. The Morgan fingerprint density at radius 2 is 1.95 bits per heavy atom. The second-order valence-corrected chi connectivity index (χ2v) is 11.9. The van der Waals surface area contributed by atoms with E-state index < -0.39 is 17.5 Å². The SMILES string of the molecule is C=C1CC[C@@H]2[C@](C)(COC(=O)Cc3ccccc3)[C@H](OC(=O)c3cccnc3)CC[C@@]2(C)[C@@H]1/C=C/C1=CCOC1=O. The van der Waals surface area contributed by atoms with Crippen molar-refractivity contribution in [2.75, 3.05) is 13.2 Å². The van der Waals surface area contributed by atoms with Crippen molar-refractivity contribution < 1.29 is 28.6 Å². The Bertz CT molecular complexity index is 1370. The molecule has 2 aliphatic carbocycles. The first-order chi connectivity index (χ1) is 19.7. The van der Waals surface area contributed by atoms with Gasteiger partial charge in [0.1, 0.15) is 19.3 Å². The molecule has 1 aromatic carbocycles. The predicted octanol–water partition coefficient (Wildman–Crippen LogP) is 5.82. The first-order valence-electron chi connectivity index (χ1n) is 14.2. The van der Waals surface area contributed by atoms with E-state index in [1.54, 1.807) is 24.4 Å². The number of carbonyl (C=O) groups excluding carboxylic acids is 3. The largest absolute Gasteiger partial charge is 0.465 e. The van der Waals surface area contributed by atoms with Crippen LogP contribution in [0.1, 0.15) is 55.5 Å². The van der Waals surface area contributed by atoms with Crippen LogP contribution < -0.4 is 0 Å². The molecule has 1 aliphatic heterocycles. The Balaban J connectivity index is 1.42. The molecule has 0 radical (unpaired) electrons. The Morgan fingerprint density at radius 3 is 2.66 bits per heavy atom. The van der Waals surface area contributed by atoms with Gasteiger partial charge in [0.2, 0.25) is 0 Å². The number of benzene rings is 1. The molecule has 2 fully saturated rings. The number of aromatic nitrogens is 1. The highest BCUT2D eigenvalue weighted by molar-refractivity contribution is 5.93. The van der Waals surface area contributed by atoms with Crippen LogP contribution in [-0.2, 0) is 30.2 Å². The van der Waals surface area contributed by atoms with Crippen LogP contribution in [0, 0.1) is 22.7 Å². The maximum atomic E-state index is 13.2. The third-order valence-electron chi connectivity index (χ3n) is 9.28. The van der Waals surface area contributed by atoms with Gasteiger partial charge in [-0.15, -0.1) is 0 Å². The molecule has 0 saturated heterocycles. The molecule has 0 spiro atoms. The Hall–Kier alpha value is -4.00. The van der Waals surface area contributed by atoms with Gasteiger partial charge in [-0.2, -0.15) is 0 Å². The van der Waals surface area contributed by atoms with Crippen LogP contribution in [0.4, 0.5) is 0 Å². The summed E-state index contributed by atoms with van der Waals surface area (Å²) in [6, 6.07) is 12.9. The fraction of sp³-hybridized carbons (Fsp3) is 0.412. The lowest BCUT2D eigenvalue weighted by Crippen LogP contribution is -2.58. The van der Waals surface area contributed by atoms with E-state index in [1.165, 1.54) is 6.20 Å². The van der Waals surface area contributed by atoms with E-state index in [-0.39, 0.29) is 42.2 Å². The molecular formula is C34H37NO6. The molecule has 3 aliphatic rings. The fourth-order valence-corrected chi connectivity index (χ4v) is 7.09. The number of esters is 3. The smallest absolute Gasteiger partial charge is 0.339 e. The summed E-state index contributed by atoms with van der Waals surface area (Å²) in [6.07, 6.45) is 11.6. The molecule has 5 rings (SSSR count). The Morgan fingerprint density at radius 1 is 1.15 bits per heavy atom.